The summed E-state index contributed by atoms with van der Waals surface area (Å²) >= 11 is 0. The molecule has 1 saturated carbocycles. The number of anilines is 3. The Kier molecular flexibility index (Phi) is 5.37. The number of aromatic nitrogens is 1. The maximum atomic E-state index is 13.4. The molecule has 26 heavy (non-hydrogen) atoms. The van der Waals surface area contributed by atoms with Crippen LogP contribution in [0.1, 0.15) is 41.7 Å². The molecule has 3 rings (SSSR count). The topological polar surface area (TPSA) is 106 Å². The van der Waals surface area contributed by atoms with Gasteiger partial charge in [-0.2, -0.15) is 0 Å². The highest BCUT2D eigenvalue weighted by Gasteiger charge is 2.22. The minimum atomic E-state index is -0.549. The summed E-state index contributed by atoms with van der Waals surface area (Å²) in [5.41, 5.74) is 13.7. The Bertz CT molecular complexity index is 811. The molecule has 1 amide bonds. The van der Waals surface area contributed by atoms with Gasteiger partial charge in [-0.15, -0.1) is 0 Å². The number of benzene rings is 1. The minimum absolute atomic E-state index is 0.109. The van der Waals surface area contributed by atoms with Crippen LogP contribution in [0.3, 0.4) is 0 Å². The van der Waals surface area contributed by atoms with E-state index < -0.39 is 5.91 Å². The third kappa shape index (κ3) is 4.11. The Morgan fingerprint density at radius 2 is 2.00 bits per heavy atom. The van der Waals surface area contributed by atoms with E-state index in [1.54, 1.807) is 13.0 Å². The van der Waals surface area contributed by atoms with E-state index in [4.69, 9.17) is 11.5 Å². The summed E-state index contributed by atoms with van der Waals surface area (Å²) in [6.07, 6.45) is 4.32. The number of nitrogens with one attached hydrogen (secondary N) is 2. The lowest BCUT2D eigenvalue weighted by Crippen LogP contribution is -2.42. The zero-order valence-corrected chi connectivity index (χ0v) is 14.8. The largest absolute Gasteiger partial charge is 0.381 e. The fourth-order valence-corrected chi connectivity index (χ4v) is 3.26. The SMILES string of the molecule is Cc1nc(Nc2cc(N[C@H]3CCCC[C@H]3N)ccc2C(N)=O)ccc1F. The molecule has 1 aromatic heterocycles. The molecule has 1 aliphatic rings. The van der Waals surface area contributed by atoms with E-state index in [0.717, 1.165) is 31.4 Å². The summed E-state index contributed by atoms with van der Waals surface area (Å²) in [4.78, 5) is 15.9. The Hall–Kier alpha value is -2.67. The molecule has 6 nitrogen and oxygen atoms in total. The average Bonchev–Trinajstić information content (AvgIpc) is 2.60. The first-order chi connectivity index (χ1) is 12.4. The first-order valence-electron chi connectivity index (χ1n) is 8.80. The summed E-state index contributed by atoms with van der Waals surface area (Å²) in [7, 11) is 0. The van der Waals surface area contributed by atoms with Crippen molar-refractivity contribution in [3.05, 3.63) is 47.4 Å². The Labute approximate surface area is 152 Å². The van der Waals surface area contributed by atoms with E-state index in [1.807, 2.05) is 12.1 Å². The second-order valence-electron chi connectivity index (χ2n) is 6.71. The van der Waals surface area contributed by atoms with Gasteiger partial charge in [0.25, 0.3) is 5.91 Å². The zero-order valence-electron chi connectivity index (χ0n) is 14.8. The number of primary amides is 1. The highest BCUT2D eigenvalue weighted by Crippen LogP contribution is 2.27. The van der Waals surface area contributed by atoms with Gasteiger partial charge in [-0.25, -0.2) is 9.37 Å². The summed E-state index contributed by atoms with van der Waals surface area (Å²) in [6.45, 7) is 1.58. The van der Waals surface area contributed by atoms with Gasteiger partial charge in [0.2, 0.25) is 0 Å². The van der Waals surface area contributed by atoms with Crippen LogP contribution < -0.4 is 22.1 Å². The number of nitrogens with two attached hydrogens (primary N) is 2. The van der Waals surface area contributed by atoms with Crippen molar-refractivity contribution in [2.45, 2.75) is 44.7 Å². The summed E-state index contributed by atoms with van der Waals surface area (Å²) < 4.78 is 13.4. The number of rotatable bonds is 5. The average molecular weight is 357 g/mol. The molecular formula is C19H24FN5O. The zero-order chi connectivity index (χ0) is 18.7. The van der Waals surface area contributed by atoms with E-state index in [-0.39, 0.29) is 23.6 Å². The van der Waals surface area contributed by atoms with E-state index >= 15 is 0 Å². The number of hydrogen-bond acceptors (Lipinski definition) is 5. The van der Waals surface area contributed by atoms with Gasteiger partial charge >= 0.3 is 0 Å². The molecule has 0 aliphatic heterocycles. The lowest BCUT2D eigenvalue weighted by atomic mass is 9.91. The van der Waals surface area contributed by atoms with Gasteiger partial charge in [0.1, 0.15) is 11.6 Å². The molecule has 138 valence electrons. The van der Waals surface area contributed by atoms with Crippen molar-refractivity contribution in [1.29, 1.82) is 0 Å². The molecular weight excluding hydrogens is 333 g/mol. The number of nitrogens with zero attached hydrogens (tertiary/aromatic N) is 1. The smallest absolute Gasteiger partial charge is 0.250 e. The van der Waals surface area contributed by atoms with Crippen LogP contribution in [0.5, 0.6) is 0 Å². The monoisotopic (exact) mass is 357 g/mol. The molecule has 1 aromatic carbocycles. The number of aryl methyl sites for hydroxylation is 1. The number of pyridine rings is 1. The molecule has 0 unspecified atom stereocenters. The van der Waals surface area contributed by atoms with Gasteiger partial charge in [-0.05, 0) is 50.1 Å². The molecule has 0 saturated heterocycles. The van der Waals surface area contributed by atoms with Crippen molar-refractivity contribution in [3.8, 4) is 0 Å². The van der Waals surface area contributed by atoms with Gasteiger partial charge in [-0.1, -0.05) is 12.8 Å². The molecule has 0 spiro atoms. The second kappa shape index (κ2) is 7.70. The van der Waals surface area contributed by atoms with Crippen LogP contribution in [-0.2, 0) is 0 Å². The number of carbonyl (C=O) groups excluding carboxylic acids is 1. The van der Waals surface area contributed by atoms with E-state index in [1.165, 1.54) is 12.1 Å². The van der Waals surface area contributed by atoms with E-state index in [2.05, 4.69) is 15.6 Å². The highest BCUT2D eigenvalue weighted by atomic mass is 19.1. The molecule has 0 radical (unpaired) electrons. The molecule has 1 aliphatic carbocycles. The van der Waals surface area contributed by atoms with Crippen LogP contribution in [-0.4, -0.2) is 23.0 Å². The Morgan fingerprint density at radius 1 is 1.23 bits per heavy atom. The first-order valence-corrected chi connectivity index (χ1v) is 8.80. The van der Waals surface area contributed by atoms with Gasteiger partial charge in [0.05, 0.1) is 16.9 Å². The fourth-order valence-electron chi connectivity index (χ4n) is 3.26. The lowest BCUT2D eigenvalue weighted by Gasteiger charge is -2.30. The number of carbonyl (C=O) groups is 1. The number of amides is 1. The molecule has 1 heterocycles. The summed E-state index contributed by atoms with van der Waals surface area (Å²) in [5.74, 6) is -0.488. The number of hydrogen-bond donors (Lipinski definition) is 4. The van der Waals surface area contributed by atoms with Crippen LogP contribution in [0.25, 0.3) is 0 Å². The molecule has 6 N–H and O–H groups in total. The maximum absolute atomic E-state index is 13.4. The van der Waals surface area contributed by atoms with Crippen molar-refractivity contribution in [2.24, 2.45) is 11.5 Å². The van der Waals surface area contributed by atoms with Gasteiger partial charge in [-0.3, -0.25) is 4.79 Å². The third-order valence-electron chi connectivity index (χ3n) is 4.74. The van der Waals surface area contributed by atoms with E-state index in [9.17, 15) is 9.18 Å². The predicted molar refractivity (Wildman–Crippen MR) is 101 cm³/mol. The molecule has 0 bridgehead atoms. The van der Waals surface area contributed by atoms with Crippen LogP contribution in [0.15, 0.2) is 30.3 Å². The normalized spacial score (nSPS) is 19.8. The second-order valence-corrected chi connectivity index (χ2v) is 6.71. The standard InChI is InChI=1S/C19H24FN5O/c1-11-14(20)8-9-18(23-11)25-17-10-12(6-7-13(17)19(22)26)24-16-5-3-2-4-15(16)21/h6-10,15-16,24H,2-5,21H2,1H3,(H2,22,26)(H,23,25)/t15-,16+/m1/s1. The van der Waals surface area contributed by atoms with Gasteiger partial charge in [0.15, 0.2) is 0 Å². The minimum Gasteiger partial charge on any atom is -0.381 e. The fraction of sp³-hybridized carbons (Fsp3) is 0.368. The molecule has 2 aromatic rings. The quantitative estimate of drug-likeness (QED) is 0.658. The third-order valence-corrected chi connectivity index (χ3v) is 4.74. The van der Waals surface area contributed by atoms with Gasteiger partial charge < -0.3 is 22.1 Å². The van der Waals surface area contributed by atoms with Crippen molar-refractivity contribution in [1.82, 2.24) is 4.98 Å². The van der Waals surface area contributed by atoms with Crippen LogP contribution >= 0.6 is 0 Å². The van der Waals surface area contributed by atoms with Crippen molar-refractivity contribution >= 4 is 23.1 Å². The first kappa shape index (κ1) is 18.1. The van der Waals surface area contributed by atoms with Crippen molar-refractivity contribution < 1.29 is 9.18 Å². The Balaban J connectivity index is 1.86. The van der Waals surface area contributed by atoms with Gasteiger partial charge in [0, 0.05) is 17.8 Å². The van der Waals surface area contributed by atoms with Crippen molar-refractivity contribution in [2.75, 3.05) is 10.6 Å². The molecule has 2 atom stereocenters. The van der Waals surface area contributed by atoms with E-state index in [0.29, 0.717) is 17.1 Å². The highest BCUT2D eigenvalue weighted by molar-refractivity contribution is 5.99. The van der Waals surface area contributed by atoms with Crippen LogP contribution in [0, 0.1) is 12.7 Å². The van der Waals surface area contributed by atoms with Crippen LogP contribution in [0.4, 0.5) is 21.6 Å². The molecule has 7 heteroatoms. The Morgan fingerprint density at radius 3 is 2.69 bits per heavy atom. The maximum Gasteiger partial charge on any atom is 0.250 e. The number of halogens is 1. The summed E-state index contributed by atoms with van der Waals surface area (Å²) in [5, 5.41) is 6.51. The lowest BCUT2D eigenvalue weighted by molar-refractivity contribution is 0.100. The van der Waals surface area contributed by atoms with Crippen LogP contribution in [0.2, 0.25) is 0 Å². The summed E-state index contributed by atoms with van der Waals surface area (Å²) in [6, 6.07) is 8.44. The van der Waals surface area contributed by atoms with Crippen molar-refractivity contribution in [3.63, 3.8) is 0 Å². The predicted octanol–water partition coefficient (Wildman–Crippen LogP) is 3.05. The molecule has 1 fully saturated rings.